The molecule has 2 aromatic rings. The van der Waals surface area contributed by atoms with E-state index < -0.39 is 23.9 Å². The van der Waals surface area contributed by atoms with Gasteiger partial charge in [-0.25, -0.2) is 4.98 Å². The Morgan fingerprint density at radius 2 is 1.58 bits per heavy atom. The first-order chi connectivity index (χ1) is 14.9. The van der Waals surface area contributed by atoms with Gasteiger partial charge in [0.2, 0.25) is 11.8 Å². The van der Waals surface area contributed by atoms with Gasteiger partial charge in [-0.1, -0.05) is 23.7 Å². The number of aromatic nitrogens is 2. The summed E-state index contributed by atoms with van der Waals surface area (Å²) in [6.45, 7) is 5.22. The molecular weight excluding hydrogens is 426 g/mol. The molecule has 1 aromatic carbocycles. The molecule has 0 aliphatic rings. The quantitative estimate of drug-likeness (QED) is 0.429. The molecule has 1 heterocycles. The van der Waals surface area contributed by atoms with E-state index in [1.807, 2.05) is 0 Å². The summed E-state index contributed by atoms with van der Waals surface area (Å²) in [5.41, 5.74) is 1.07. The molecule has 0 bridgehead atoms. The van der Waals surface area contributed by atoms with Gasteiger partial charge in [0.1, 0.15) is 10.8 Å². The molecule has 0 aliphatic heterocycles. The van der Waals surface area contributed by atoms with Crippen molar-refractivity contribution < 1.29 is 28.5 Å². The highest BCUT2D eigenvalue weighted by atomic mass is 35.5. The zero-order valence-electron chi connectivity index (χ0n) is 18.1. The summed E-state index contributed by atoms with van der Waals surface area (Å²) < 4.78 is 20.7. The number of halogens is 1. The van der Waals surface area contributed by atoms with Gasteiger partial charge in [-0.15, -0.1) is 0 Å². The second-order valence-corrected chi connectivity index (χ2v) is 6.71. The molecule has 1 unspecified atom stereocenters. The summed E-state index contributed by atoms with van der Waals surface area (Å²) in [6, 6.07) is 5.98. The maximum atomic E-state index is 12.8. The van der Waals surface area contributed by atoms with E-state index >= 15 is 0 Å². The highest BCUT2D eigenvalue weighted by molar-refractivity contribution is 6.32. The number of nitrogens with one attached hydrogen (secondary N) is 1. The number of ether oxygens (including phenoxy) is 4. The highest BCUT2D eigenvalue weighted by Gasteiger charge is 2.39. The van der Waals surface area contributed by atoms with E-state index in [1.54, 1.807) is 52.1 Å². The summed E-state index contributed by atoms with van der Waals surface area (Å²) in [5, 5.41) is 3.32. The van der Waals surface area contributed by atoms with Crippen LogP contribution in [0.1, 0.15) is 31.1 Å². The largest absolute Gasteiger partial charge is 0.497 e. The molecule has 0 aliphatic carbocycles. The summed E-state index contributed by atoms with van der Waals surface area (Å²) >= 11 is 6.16. The van der Waals surface area contributed by atoms with E-state index in [9.17, 15) is 9.59 Å². The Bertz CT molecular complexity index is 889. The van der Waals surface area contributed by atoms with E-state index in [4.69, 9.17) is 30.5 Å². The summed E-state index contributed by atoms with van der Waals surface area (Å²) in [4.78, 5) is 34.1. The number of benzene rings is 1. The molecule has 0 radical (unpaired) electrons. The predicted molar refractivity (Wildman–Crippen MR) is 114 cm³/mol. The average molecular weight is 452 g/mol. The van der Waals surface area contributed by atoms with E-state index in [-0.39, 0.29) is 30.1 Å². The molecule has 0 saturated carbocycles. The van der Waals surface area contributed by atoms with Crippen LogP contribution in [0.15, 0.2) is 24.3 Å². The Kier molecular flexibility index (Phi) is 8.87. The predicted octanol–water partition coefficient (Wildman–Crippen LogP) is 3.35. The SMILES string of the molecule is CCOC(=O)C(C(=O)OCC)C(Nc1nc(C)c(Cl)c(OC)n1)c1ccc(OC)cc1. The number of anilines is 1. The van der Waals surface area contributed by atoms with Gasteiger partial charge in [-0.05, 0) is 38.5 Å². The zero-order chi connectivity index (χ0) is 23.0. The van der Waals surface area contributed by atoms with Gasteiger partial charge in [-0.3, -0.25) is 9.59 Å². The van der Waals surface area contributed by atoms with Crippen LogP contribution in [0.3, 0.4) is 0 Å². The Hall–Kier alpha value is -3.07. The monoisotopic (exact) mass is 451 g/mol. The number of esters is 2. The van der Waals surface area contributed by atoms with Gasteiger partial charge in [0.25, 0.3) is 0 Å². The molecule has 0 saturated heterocycles. The second-order valence-electron chi connectivity index (χ2n) is 6.33. The van der Waals surface area contributed by atoms with Crippen molar-refractivity contribution in [3.63, 3.8) is 0 Å². The Labute approximate surface area is 186 Å². The van der Waals surface area contributed by atoms with Crippen molar-refractivity contribution >= 4 is 29.5 Å². The summed E-state index contributed by atoms with van der Waals surface area (Å²) in [7, 11) is 2.97. The van der Waals surface area contributed by atoms with Gasteiger partial charge < -0.3 is 24.3 Å². The first-order valence-corrected chi connectivity index (χ1v) is 10.1. The van der Waals surface area contributed by atoms with Gasteiger partial charge in [0.05, 0.1) is 39.2 Å². The van der Waals surface area contributed by atoms with Gasteiger partial charge >= 0.3 is 11.9 Å². The summed E-state index contributed by atoms with van der Waals surface area (Å²) in [6.07, 6.45) is 0. The smallest absolute Gasteiger partial charge is 0.322 e. The molecule has 0 spiro atoms. The van der Waals surface area contributed by atoms with Crippen LogP contribution in [0, 0.1) is 12.8 Å². The van der Waals surface area contributed by atoms with Crippen LogP contribution < -0.4 is 14.8 Å². The number of hydrogen-bond acceptors (Lipinski definition) is 9. The zero-order valence-corrected chi connectivity index (χ0v) is 18.9. The average Bonchev–Trinajstić information content (AvgIpc) is 2.76. The Balaban J connectivity index is 2.56. The van der Waals surface area contributed by atoms with E-state index in [0.717, 1.165) is 0 Å². The fourth-order valence-electron chi connectivity index (χ4n) is 2.87. The van der Waals surface area contributed by atoms with Crippen molar-refractivity contribution in [2.24, 2.45) is 5.92 Å². The van der Waals surface area contributed by atoms with Crippen LogP contribution in [-0.4, -0.2) is 49.3 Å². The number of carbonyl (C=O) groups is 2. The van der Waals surface area contributed by atoms with Crippen LogP contribution in [0.2, 0.25) is 5.02 Å². The molecule has 1 aromatic heterocycles. The fourth-order valence-corrected chi connectivity index (χ4v) is 3.04. The van der Waals surface area contributed by atoms with Crippen molar-refractivity contribution in [1.82, 2.24) is 9.97 Å². The van der Waals surface area contributed by atoms with Gasteiger partial charge in [-0.2, -0.15) is 4.98 Å². The molecule has 2 rings (SSSR count). The molecule has 0 amide bonds. The minimum absolute atomic E-state index is 0.106. The topological polar surface area (TPSA) is 109 Å². The molecule has 1 N–H and O–H groups in total. The lowest BCUT2D eigenvalue weighted by atomic mass is 9.92. The number of carbonyl (C=O) groups excluding carboxylic acids is 2. The van der Waals surface area contributed by atoms with Crippen LogP contribution in [0.25, 0.3) is 0 Å². The number of rotatable bonds is 10. The molecule has 31 heavy (non-hydrogen) atoms. The molecular formula is C21H26ClN3O6. The molecule has 1 atom stereocenters. The molecule has 0 fully saturated rings. The van der Waals surface area contributed by atoms with Gasteiger partial charge in [0, 0.05) is 0 Å². The van der Waals surface area contributed by atoms with Crippen molar-refractivity contribution in [1.29, 1.82) is 0 Å². The lowest BCUT2D eigenvalue weighted by Gasteiger charge is -2.26. The first kappa shape index (κ1) is 24.2. The number of methoxy groups -OCH3 is 2. The van der Waals surface area contributed by atoms with Crippen LogP contribution in [-0.2, 0) is 19.1 Å². The van der Waals surface area contributed by atoms with Crippen molar-refractivity contribution in [2.45, 2.75) is 26.8 Å². The minimum Gasteiger partial charge on any atom is -0.497 e. The van der Waals surface area contributed by atoms with E-state index in [1.165, 1.54) is 7.11 Å². The number of nitrogens with zero attached hydrogens (tertiary/aromatic N) is 2. The normalized spacial score (nSPS) is 11.6. The Morgan fingerprint density at radius 1 is 1.00 bits per heavy atom. The highest BCUT2D eigenvalue weighted by Crippen LogP contribution is 2.32. The van der Waals surface area contributed by atoms with Gasteiger partial charge in [0.15, 0.2) is 5.92 Å². The maximum absolute atomic E-state index is 12.8. The summed E-state index contributed by atoms with van der Waals surface area (Å²) in [5.74, 6) is -1.86. The van der Waals surface area contributed by atoms with E-state index in [0.29, 0.717) is 17.0 Å². The minimum atomic E-state index is -1.31. The molecule has 168 valence electrons. The third-order valence-electron chi connectivity index (χ3n) is 4.35. The standard InChI is InChI=1S/C21H26ClN3O6/c1-6-30-19(26)15(20(27)31-7-2)17(13-8-10-14(28-4)11-9-13)24-21-23-12(3)16(22)18(25-21)29-5/h8-11,15,17H,6-7H2,1-5H3,(H,23,24,25). The third-order valence-corrected chi connectivity index (χ3v) is 4.79. The third kappa shape index (κ3) is 5.97. The Morgan fingerprint density at radius 3 is 2.06 bits per heavy atom. The van der Waals surface area contributed by atoms with Crippen molar-refractivity contribution in [2.75, 3.05) is 32.8 Å². The molecule has 9 nitrogen and oxygen atoms in total. The van der Waals surface area contributed by atoms with Crippen LogP contribution in [0.4, 0.5) is 5.95 Å². The first-order valence-electron chi connectivity index (χ1n) is 9.68. The lowest BCUT2D eigenvalue weighted by Crippen LogP contribution is -2.37. The second kappa shape index (κ2) is 11.4. The van der Waals surface area contributed by atoms with Crippen LogP contribution >= 0.6 is 11.6 Å². The number of hydrogen-bond donors (Lipinski definition) is 1. The molecule has 10 heteroatoms. The number of aryl methyl sites for hydroxylation is 1. The van der Waals surface area contributed by atoms with E-state index in [2.05, 4.69) is 15.3 Å². The lowest BCUT2D eigenvalue weighted by molar-refractivity contribution is -0.162. The fraction of sp³-hybridized carbons (Fsp3) is 0.429. The van der Waals surface area contributed by atoms with Crippen molar-refractivity contribution in [3.8, 4) is 11.6 Å². The van der Waals surface area contributed by atoms with Crippen LogP contribution in [0.5, 0.6) is 11.6 Å². The van der Waals surface area contributed by atoms with Crippen molar-refractivity contribution in [3.05, 3.63) is 40.5 Å². The maximum Gasteiger partial charge on any atom is 0.322 e.